The molecule has 1 aromatic carbocycles. The van der Waals surface area contributed by atoms with Gasteiger partial charge in [-0.25, -0.2) is 4.79 Å². The van der Waals surface area contributed by atoms with Crippen LogP contribution < -0.4 is 16.0 Å². The molecule has 1 aliphatic heterocycles. The van der Waals surface area contributed by atoms with Crippen molar-refractivity contribution >= 4 is 23.7 Å². The van der Waals surface area contributed by atoms with E-state index in [2.05, 4.69) is 16.0 Å². The van der Waals surface area contributed by atoms with Crippen LogP contribution in [0.4, 0.5) is 0 Å². The van der Waals surface area contributed by atoms with Crippen LogP contribution in [0.25, 0.3) is 0 Å². The fraction of sp³-hybridized carbons (Fsp3) is 0.600. The molecule has 210 valence electrons. The van der Waals surface area contributed by atoms with Crippen molar-refractivity contribution in [1.29, 1.82) is 0 Å². The zero-order chi connectivity index (χ0) is 27.9. The van der Waals surface area contributed by atoms with Crippen LogP contribution in [-0.2, 0) is 30.3 Å². The van der Waals surface area contributed by atoms with Crippen LogP contribution in [0, 0.1) is 17.8 Å². The Hall–Kier alpha value is -3.16. The number of allylic oxidation sites excluding steroid dienone is 2. The number of nitrogens with one attached hydrogen (secondary N) is 3. The zero-order valence-electron chi connectivity index (χ0n) is 23.3. The summed E-state index contributed by atoms with van der Waals surface area (Å²) in [5.74, 6) is -2.03. The monoisotopic (exact) mass is 527 g/mol. The van der Waals surface area contributed by atoms with Crippen molar-refractivity contribution in [2.24, 2.45) is 17.8 Å². The van der Waals surface area contributed by atoms with Crippen molar-refractivity contribution in [2.75, 3.05) is 13.7 Å². The highest BCUT2D eigenvalue weighted by molar-refractivity contribution is 5.91. The molecule has 0 radical (unpaired) electrons. The molecule has 0 saturated heterocycles. The van der Waals surface area contributed by atoms with Gasteiger partial charge in [-0.05, 0) is 63.4 Å². The average Bonchev–Trinajstić information content (AvgIpc) is 2.89. The first kappa shape index (κ1) is 31.1. The molecule has 2 rings (SSSR count). The van der Waals surface area contributed by atoms with Crippen LogP contribution in [0.2, 0.25) is 0 Å². The van der Waals surface area contributed by atoms with E-state index >= 15 is 0 Å². The maximum atomic E-state index is 13.5. The summed E-state index contributed by atoms with van der Waals surface area (Å²) >= 11 is 0. The molecule has 38 heavy (non-hydrogen) atoms. The van der Waals surface area contributed by atoms with Crippen LogP contribution in [0.15, 0.2) is 42.5 Å². The van der Waals surface area contributed by atoms with E-state index in [1.807, 2.05) is 56.3 Å². The smallest absolute Gasteiger partial charge is 0.328 e. The summed E-state index contributed by atoms with van der Waals surface area (Å²) in [6.07, 6.45) is 8.93. The molecule has 1 heterocycles. The van der Waals surface area contributed by atoms with Gasteiger partial charge in [-0.2, -0.15) is 0 Å². The maximum Gasteiger partial charge on any atom is 0.328 e. The van der Waals surface area contributed by atoms with Gasteiger partial charge in [0.25, 0.3) is 0 Å². The molecule has 4 atom stereocenters. The van der Waals surface area contributed by atoms with E-state index in [1.165, 1.54) is 0 Å². The van der Waals surface area contributed by atoms with E-state index in [4.69, 9.17) is 4.74 Å². The number of benzene rings is 1. The van der Waals surface area contributed by atoms with Crippen molar-refractivity contribution in [3.05, 3.63) is 48.0 Å². The van der Waals surface area contributed by atoms with E-state index in [-0.39, 0.29) is 36.7 Å². The lowest BCUT2D eigenvalue weighted by Gasteiger charge is -2.27. The van der Waals surface area contributed by atoms with Crippen LogP contribution in [0.3, 0.4) is 0 Å². The predicted molar refractivity (Wildman–Crippen MR) is 148 cm³/mol. The number of carbonyl (C=O) groups excluding carboxylic acids is 4. The van der Waals surface area contributed by atoms with E-state index in [1.54, 1.807) is 14.0 Å². The summed E-state index contributed by atoms with van der Waals surface area (Å²) in [6, 6.07) is 8.10. The number of amides is 3. The second-order valence-corrected chi connectivity index (χ2v) is 10.4. The molecule has 0 fully saturated rings. The van der Waals surface area contributed by atoms with Crippen LogP contribution in [0.1, 0.15) is 71.3 Å². The molecule has 8 heteroatoms. The molecule has 3 N–H and O–H groups in total. The molecule has 0 spiro atoms. The van der Waals surface area contributed by atoms with Crippen molar-refractivity contribution in [3.8, 4) is 0 Å². The van der Waals surface area contributed by atoms with Crippen molar-refractivity contribution in [3.63, 3.8) is 0 Å². The maximum absolute atomic E-state index is 13.5. The van der Waals surface area contributed by atoms with Gasteiger partial charge in [0.15, 0.2) is 0 Å². The molecular weight excluding hydrogens is 482 g/mol. The molecule has 8 nitrogen and oxygen atoms in total. The van der Waals surface area contributed by atoms with Gasteiger partial charge in [0.1, 0.15) is 12.1 Å². The standard InChI is InChI=1S/C30H45N3O5/c1-5-38-30(37)26-20-24(27(34)31-4)17-13-8-6-7-12-16-23(19-22-14-10-9-11-15-22)28(35)32-25(18-21(2)3)29(36)33-26/h8-11,13-15,21,23-26H,5-7,12,16-20H2,1-4H3,(H,31,34)(H,32,35)(H,33,36)/b13-8+/t23?,24?,25-,26?/m0/s1. The fourth-order valence-corrected chi connectivity index (χ4v) is 4.78. The molecule has 1 aliphatic rings. The topological polar surface area (TPSA) is 114 Å². The van der Waals surface area contributed by atoms with Crippen molar-refractivity contribution < 1.29 is 23.9 Å². The number of rotatable bonds is 7. The number of esters is 1. The Morgan fingerprint density at radius 1 is 1.05 bits per heavy atom. The third kappa shape index (κ3) is 10.7. The Balaban J connectivity index is 2.35. The predicted octanol–water partition coefficient (Wildman–Crippen LogP) is 3.70. The minimum atomic E-state index is -1.00. The molecule has 0 aromatic heterocycles. The van der Waals surface area contributed by atoms with Gasteiger partial charge in [-0.15, -0.1) is 0 Å². The van der Waals surface area contributed by atoms with Gasteiger partial charge < -0.3 is 20.7 Å². The first-order chi connectivity index (χ1) is 18.2. The molecular formula is C30H45N3O5. The Morgan fingerprint density at radius 2 is 1.79 bits per heavy atom. The minimum Gasteiger partial charge on any atom is -0.464 e. The normalized spacial score (nSPS) is 24.7. The summed E-state index contributed by atoms with van der Waals surface area (Å²) in [5.41, 5.74) is 1.08. The summed E-state index contributed by atoms with van der Waals surface area (Å²) in [6.45, 7) is 5.82. The first-order valence-corrected chi connectivity index (χ1v) is 13.9. The molecule has 1 aromatic rings. The fourth-order valence-electron chi connectivity index (χ4n) is 4.78. The van der Waals surface area contributed by atoms with E-state index in [0.29, 0.717) is 25.7 Å². The second kappa shape index (κ2) is 16.6. The molecule has 3 unspecified atom stereocenters. The average molecular weight is 528 g/mol. The Morgan fingerprint density at radius 3 is 2.45 bits per heavy atom. The van der Waals surface area contributed by atoms with Gasteiger partial charge in [0, 0.05) is 18.9 Å². The zero-order valence-corrected chi connectivity index (χ0v) is 23.3. The Kier molecular flexibility index (Phi) is 13.6. The van der Waals surface area contributed by atoms with Gasteiger partial charge in [-0.1, -0.05) is 62.8 Å². The number of hydrogen-bond acceptors (Lipinski definition) is 5. The molecule has 0 saturated carbocycles. The first-order valence-electron chi connectivity index (χ1n) is 13.9. The number of hydrogen-bond donors (Lipinski definition) is 3. The molecule has 0 aliphatic carbocycles. The largest absolute Gasteiger partial charge is 0.464 e. The van der Waals surface area contributed by atoms with Crippen LogP contribution in [0.5, 0.6) is 0 Å². The molecule has 0 bridgehead atoms. The third-order valence-electron chi connectivity index (χ3n) is 6.82. The molecule has 3 amide bonds. The number of carbonyl (C=O) groups is 4. The van der Waals surface area contributed by atoms with Gasteiger partial charge in [0.2, 0.25) is 17.7 Å². The highest BCUT2D eigenvalue weighted by atomic mass is 16.5. The minimum absolute atomic E-state index is 0.105. The lowest BCUT2D eigenvalue weighted by Crippen LogP contribution is -2.54. The Bertz CT molecular complexity index is 931. The quantitative estimate of drug-likeness (QED) is 0.370. The van der Waals surface area contributed by atoms with E-state index < -0.39 is 29.9 Å². The van der Waals surface area contributed by atoms with Crippen molar-refractivity contribution in [2.45, 2.75) is 84.2 Å². The van der Waals surface area contributed by atoms with Crippen LogP contribution >= 0.6 is 0 Å². The second-order valence-electron chi connectivity index (χ2n) is 10.4. The lowest BCUT2D eigenvalue weighted by molar-refractivity contribution is -0.148. The highest BCUT2D eigenvalue weighted by Crippen LogP contribution is 2.20. The van der Waals surface area contributed by atoms with E-state index in [0.717, 1.165) is 24.8 Å². The SMILES string of the molecule is CCOC(=O)C1CC(C(=O)NC)C/C=C/CCCCC(Cc2ccccc2)C(=O)N[C@@H](CC(C)C)C(=O)N1. The Labute approximate surface area is 227 Å². The van der Waals surface area contributed by atoms with Gasteiger partial charge in [-0.3, -0.25) is 14.4 Å². The highest BCUT2D eigenvalue weighted by Gasteiger charge is 2.32. The summed E-state index contributed by atoms with van der Waals surface area (Å²) < 4.78 is 5.23. The summed E-state index contributed by atoms with van der Waals surface area (Å²) in [7, 11) is 1.56. The summed E-state index contributed by atoms with van der Waals surface area (Å²) in [4.78, 5) is 52.4. The third-order valence-corrected chi connectivity index (χ3v) is 6.82. The summed E-state index contributed by atoms with van der Waals surface area (Å²) in [5, 5.41) is 8.45. The number of ether oxygens (including phenoxy) is 1. The van der Waals surface area contributed by atoms with Crippen molar-refractivity contribution in [1.82, 2.24) is 16.0 Å². The van der Waals surface area contributed by atoms with Crippen LogP contribution in [-0.4, -0.2) is 49.4 Å². The van der Waals surface area contributed by atoms with Gasteiger partial charge in [0.05, 0.1) is 6.61 Å². The van der Waals surface area contributed by atoms with E-state index in [9.17, 15) is 19.2 Å². The van der Waals surface area contributed by atoms with Gasteiger partial charge >= 0.3 is 5.97 Å². The lowest BCUT2D eigenvalue weighted by atomic mass is 9.91.